The summed E-state index contributed by atoms with van der Waals surface area (Å²) in [5.41, 5.74) is 1.95. The molecule has 0 aromatic carbocycles. The van der Waals surface area contributed by atoms with Crippen molar-refractivity contribution in [3.63, 3.8) is 0 Å². The van der Waals surface area contributed by atoms with Gasteiger partial charge in [-0.1, -0.05) is 6.07 Å². The van der Waals surface area contributed by atoms with Crippen LogP contribution >= 0.6 is 0 Å². The number of aromatic nitrogens is 3. The summed E-state index contributed by atoms with van der Waals surface area (Å²) in [5, 5.41) is 6.91. The predicted molar refractivity (Wildman–Crippen MR) is 125 cm³/mol. The number of anilines is 3. The number of ether oxygens (including phenoxy) is 1. The molecule has 0 atom stereocenters. The summed E-state index contributed by atoms with van der Waals surface area (Å²) in [6.45, 7) is 4.96. The SMILES string of the molecule is Cc1c(CCC(=O)N2CCC(Nc3cccc(N(C)C)n3)CC2)ncnc1NC1COC1. The molecular formula is C23H33N7O2. The Morgan fingerprint density at radius 1 is 1.16 bits per heavy atom. The van der Waals surface area contributed by atoms with Crippen LogP contribution in [0.25, 0.3) is 0 Å². The number of carbonyl (C=O) groups excluding carboxylic acids is 1. The highest BCUT2D eigenvalue weighted by Gasteiger charge is 2.24. The number of hydrogen-bond acceptors (Lipinski definition) is 8. The normalized spacial score (nSPS) is 17.0. The Morgan fingerprint density at radius 3 is 2.62 bits per heavy atom. The molecule has 172 valence electrons. The quantitative estimate of drug-likeness (QED) is 0.646. The molecule has 4 heterocycles. The molecule has 0 radical (unpaired) electrons. The summed E-state index contributed by atoms with van der Waals surface area (Å²) in [4.78, 5) is 30.2. The van der Waals surface area contributed by atoms with E-state index in [9.17, 15) is 4.79 Å². The summed E-state index contributed by atoms with van der Waals surface area (Å²) in [7, 11) is 3.97. The van der Waals surface area contributed by atoms with Gasteiger partial charge in [0.1, 0.15) is 23.8 Å². The van der Waals surface area contributed by atoms with Crippen LogP contribution in [0.3, 0.4) is 0 Å². The number of nitrogens with zero attached hydrogens (tertiary/aromatic N) is 5. The minimum atomic E-state index is 0.191. The molecule has 2 aromatic rings. The fourth-order valence-corrected chi connectivity index (χ4v) is 4.02. The minimum Gasteiger partial charge on any atom is -0.377 e. The molecule has 2 fully saturated rings. The van der Waals surface area contributed by atoms with Gasteiger partial charge in [-0.2, -0.15) is 0 Å². The maximum Gasteiger partial charge on any atom is 0.222 e. The number of piperidine rings is 1. The molecule has 2 aliphatic rings. The molecule has 0 saturated carbocycles. The van der Waals surface area contributed by atoms with Gasteiger partial charge in [-0.3, -0.25) is 4.79 Å². The van der Waals surface area contributed by atoms with Crippen LogP contribution in [0.2, 0.25) is 0 Å². The zero-order valence-corrected chi connectivity index (χ0v) is 19.2. The van der Waals surface area contributed by atoms with Crippen LogP contribution in [0.15, 0.2) is 24.5 Å². The molecule has 0 unspecified atom stereocenters. The average Bonchev–Trinajstić information content (AvgIpc) is 2.77. The van der Waals surface area contributed by atoms with Crippen LogP contribution < -0.4 is 15.5 Å². The van der Waals surface area contributed by atoms with Gasteiger partial charge >= 0.3 is 0 Å². The highest BCUT2D eigenvalue weighted by Crippen LogP contribution is 2.20. The number of nitrogens with one attached hydrogen (secondary N) is 2. The lowest BCUT2D eigenvalue weighted by molar-refractivity contribution is -0.132. The molecular weight excluding hydrogens is 406 g/mol. The lowest BCUT2D eigenvalue weighted by Crippen LogP contribution is -2.42. The highest BCUT2D eigenvalue weighted by molar-refractivity contribution is 5.76. The number of rotatable bonds is 8. The number of carbonyl (C=O) groups is 1. The Labute approximate surface area is 189 Å². The van der Waals surface area contributed by atoms with Crippen molar-refractivity contribution >= 4 is 23.4 Å². The lowest BCUT2D eigenvalue weighted by Gasteiger charge is -2.33. The van der Waals surface area contributed by atoms with E-state index >= 15 is 0 Å². The molecule has 0 aliphatic carbocycles. The van der Waals surface area contributed by atoms with Gasteiger partial charge in [0.05, 0.1) is 19.3 Å². The molecule has 9 nitrogen and oxygen atoms in total. The van der Waals surface area contributed by atoms with Crippen molar-refractivity contribution in [1.82, 2.24) is 19.9 Å². The van der Waals surface area contributed by atoms with Gasteiger partial charge in [0.2, 0.25) is 5.91 Å². The molecule has 2 N–H and O–H groups in total. The van der Waals surface area contributed by atoms with Crippen LogP contribution in [-0.4, -0.2) is 78.2 Å². The maximum absolute atomic E-state index is 12.8. The van der Waals surface area contributed by atoms with E-state index in [-0.39, 0.29) is 5.91 Å². The van der Waals surface area contributed by atoms with Gasteiger partial charge in [0.25, 0.3) is 0 Å². The molecule has 0 bridgehead atoms. The van der Waals surface area contributed by atoms with Crippen molar-refractivity contribution in [1.29, 1.82) is 0 Å². The molecule has 2 saturated heterocycles. The van der Waals surface area contributed by atoms with E-state index in [0.717, 1.165) is 54.6 Å². The zero-order valence-electron chi connectivity index (χ0n) is 19.2. The van der Waals surface area contributed by atoms with E-state index in [1.807, 2.05) is 49.0 Å². The number of aryl methyl sites for hydroxylation is 1. The first-order chi connectivity index (χ1) is 15.5. The van der Waals surface area contributed by atoms with Gasteiger partial charge in [0.15, 0.2) is 0 Å². The molecule has 32 heavy (non-hydrogen) atoms. The molecule has 1 amide bonds. The Morgan fingerprint density at radius 2 is 1.94 bits per heavy atom. The molecule has 2 aromatic heterocycles. The average molecular weight is 440 g/mol. The standard InChI is InChI=1S/C23H33N7O2/c1-16-19(24-15-25-23(16)27-18-13-32-14-18)7-8-22(31)30-11-9-17(10-12-30)26-20-5-4-6-21(28-20)29(2)3/h4-6,15,17-18H,7-14H2,1-3H3,(H,26,28)(H,24,25,27). The number of amides is 1. The molecule has 9 heteroatoms. The summed E-state index contributed by atoms with van der Waals surface area (Å²) < 4.78 is 5.21. The first-order valence-electron chi connectivity index (χ1n) is 11.3. The van der Waals surface area contributed by atoms with E-state index in [2.05, 4.69) is 25.6 Å². The second-order valence-electron chi connectivity index (χ2n) is 8.75. The predicted octanol–water partition coefficient (Wildman–Crippen LogP) is 2.09. The number of pyridine rings is 1. The van der Waals surface area contributed by atoms with E-state index < -0.39 is 0 Å². The van der Waals surface area contributed by atoms with Crippen molar-refractivity contribution in [2.24, 2.45) is 0 Å². The summed E-state index contributed by atoms with van der Waals surface area (Å²) >= 11 is 0. The second-order valence-corrected chi connectivity index (χ2v) is 8.75. The third kappa shape index (κ3) is 5.45. The van der Waals surface area contributed by atoms with E-state index in [1.165, 1.54) is 0 Å². The van der Waals surface area contributed by atoms with Crippen molar-refractivity contribution < 1.29 is 9.53 Å². The van der Waals surface area contributed by atoms with E-state index in [0.29, 0.717) is 38.1 Å². The van der Waals surface area contributed by atoms with Crippen LogP contribution in [0.4, 0.5) is 17.5 Å². The van der Waals surface area contributed by atoms with Crippen LogP contribution in [0.1, 0.15) is 30.5 Å². The van der Waals surface area contributed by atoms with Crippen LogP contribution in [0, 0.1) is 6.92 Å². The smallest absolute Gasteiger partial charge is 0.222 e. The van der Waals surface area contributed by atoms with Gasteiger partial charge in [-0.25, -0.2) is 15.0 Å². The van der Waals surface area contributed by atoms with Crippen molar-refractivity contribution in [2.45, 2.75) is 44.7 Å². The van der Waals surface area contributed by atoms with E-state index in [1.54, 1.807) is 6.33 Å². The molecule has 4 rings (SSSR count). The summed E-state index contributed by atoms with van der Waals surface area (Å²) in [6, 6.07) is 6.65. The van der Waals surface area contributed by atoms with Crippen molar-refractivity contribution in [3.8, 4) is 0 Å². The topological polar surface area (TPSA) is 95.5 Å². The zero-order chi connectivity index (χ0) is 22.5. The Kier molecular flexibility index (Phi) is 7.04. The first kappa shape index (κ1) is 22.3. The van der Waals surface area contributed by atoms with Crippen LogP contribution in [0.5, 0.6) is 0 Å². The molecule has 0 spiro atoms. The van der Waals surface area contributed by atoms with Gasteiger partial charge in [-0.15, -0.1) is 0 Å². The summed E-state index contributed by atoms with van der Waals surface area (Å²) in [6.07, 6.45) is 4.51. The number of likely N-dealkylation sites (tertiary alicyclic amines) is 1. The Balaban J connectivity index is 1.24. The van der Waals surface area contributed by atoms with Gasteiger partial charge in [-0.05, 0) is 38.3 Å². The first-order valence-corrected chi connectivity index (χ1v) is 11.3. The van der Waals surface area contributed by atoms with Gasteiger partial charge < -0.3 is 25.2 Å². The maximum atomic E-state index is 12.8. The fourth-order valence-electron chi connectivity index (χ4n) is 4.02. The fraction of sp³-hybridized carbons (Fsp3) is 0.565. The van der Waals surface area contributed by atoms with E-state index in [4.69, 9.17) is 4.74 Å². The monoisotopic (exact) mass is 439 g/mol. The second kappa shape index (κ2) is 10.1. The van der Waals surface area contributed by atoms with Gasteiger partial charge in [0, 0.05) is 50.9 Å². The number of hydrogen-bond donors (Lipinski definition) is 2. The third-order valence-electron chi connectivity index (χ3n) is 6.14. The van der Waals surface area contributed by atoms with Crippen molar-refractivity contribution in [2.75, 3.05) is 55.9 Å². The molecule has 2 aliphatic heterocycles. The minimum absolute atomic E-state index is 0.191. The van der Waals surface area contributed by atoms with Crippen molar-refractivity contribution in [3.05, 3.63) is 35.8 Å². The van der Waals surface area contributed by atoms with Crippen LogP contribution in [-0.2, 0) is 16.0 Å². The Bertz CT molecular complexity index is 924. The lowest BCUT2D eigenvalue weighted by atomic mass is 10.0. The highest BCUT2D eigenvalue weighted by atomic mass is 16.5. The largest absolute Gasteiger partial charge is 0.377 e. The summed E-state index contributed by atoms with van der Waals surface area (Å²) in [5.74, 6) is 2.85. The Hall–Kier alpha value is -2.94. The third-order valence-corrected chi connectivity index (χ3v) is 6.14.